The molecule has 0 aliphatic rings. The summed E-state index contributed by atoms with van der Waals surface area (Å²) in [5.41, 5.74) is 4.61. The summed E-state index contributed by atoms with van der Waals surface area (Å²) in [4.78, 5) is 16.7. The predicted molar refractivity (Wildman–Crippen MR) is 88.5 cm³/mol. The Labute approximate surface area is 136 Å². The molecule has 0 unspecified atom stereocenters. The third-order valence-corrected chi connectivity index (χ3v) is 4.68. The van der Waals surface area contributed by atoms with Crippen LogP contribution in [0, 0.1) is 0 Å². The first kappa shape index (κ1) is 13.8. The Hall–Kier alpha value is -2.80. The number of rotatable bonds is 3. The van der Waals surface area contributed by atoms with E-state index in [1.165, 1.54) is 11.3 Å². The monoisotopic (exact) mass is 323 g/mol. The van der Waals surface area contributed by atoms with Crippen LogP contribution in [0.3, 0.4) is 0 Å². The standard InChI is InChI=1S/C16H13N5OS/c1-10(22)15-3-11(9-23-15)14-6-19-21-8-12(4-17-16(14)21)13-5-18-20(2)7-13/h3-9H,1-2H3. The molecule has 0 bridgehead atoms. The van der Waals surface area contributed by atoms with Gasteiger partial charge in [-0.2, -0.15) is 10.2 Å². The van der Waals surface area contributed by atoms with Crippen LogP contribution >= 0.6 is 11.3 Å². The Morgan fingerprint density at radius 3 is 2.61 bits per heavy atom. The topological polar surface area (TPSA) is 65.1 Å². The minimum Gasteiger partial charge on any atom is -0.294 e. The molecule has 0 N–H and O–H groups in total. The summed E-state index contributed by atoms with van der Waals surface area (Å²) in [6, 6.07) is 1.89. The first-order chi connectivity index (χ1) is 11.1. The lowest BCUT2D eigenvalue weighted by molar-refractivity contribution is 0.102. The fraction of sp³-hybridized carbons (Fsp3) is 0.125. The highest BCUT2D eigenvalue weighted by molar-refractivity contribution is 7.12. The molecule has 0 spiro atoms. The van der Waals surface area contributed by atoms with Gasteiger partial charge in [-0.3, -0.25) is 9.48 Å². The number of aromatic nitrogens is 5. The van der Waals surface area contributed by atoms with Gasteiger partial charge in [0.05, 0.1) is 17.3 Å². The lowest BCUT2D eigenvalue weighted by atomic mass is 10.1. The third-order valence-electron chi connectivity index (χ3n) is 3.65. The minimum absolute atomic E-state index is 0.0737. The van der Waals surface area contributed by atoms with E-state index in [-0.39, 0.29) is 5.78 Å². The van der Waals surface area contributed by atoms with Gasteiger partial charge in [0.2, 0.25) is 0 Å². The van der Waals surface area contributed by atoms with Gasteiger partial charge >= 0.3 is 0 Å². The van der Waals surface area contributed by atoms with Crippen LogP contribution in [0.1, 0.15) is 16.6 Å². The van der Waals surface area contributed by atoms with E-state index < -0.39 is 0 Å². The molecule has 4 heterocycles. The molecule has 0 saturated carbocycles. The van der Waals surface area contributed by atoms with Gasteiger partial charge in [-0.15, -0.1) is 11.3 Å². The summed E-state index contributed by atoms with van der Waals surface area (Å²) >= 11 is 1.44. The van der Waals surface area contributed by atoms with Gasteiger partial charge in [0.1, 0.15) is 0 Å². The summed E-state index contributed by atoms with van der Waals surface area (Å²) in [6.07, 6.45) is 9.26. The molecule has 4 aromatic rings. The van der Waals surface area contributed by atoms with Crippen molar-refractivity contribution >= 4 is 22.8 Å². The Balaban J connectivity index is 1.79. The van der Waals surface area contributed by atoms with Crippen LogP contribution in [0.5, 0.6) is 0 Å². The maximum atomic E-state index is 11.5. The fourth-order valence-corrected chi connectivity index (χ4v) is 3.27. The largest absolute Gasteiger partial charge is 0.294 e. The Bertz CT molecular complexity index is 1030. The van der Waals surface area contributed by atoms with Crippen LogP contribution in [0.2, 0.25) is 0 Å². The molecule has 7 heteroatoms. The van der Waals surface area contributed by atoms with E-state index in [9.17, 15) is 4.79 Å². The first-order valence-electron chi connectivity index (χ1n) is 7.04. The second-order valence-electron chi connectivity index (χ2n) is 5.33. The minimum atomic E-state index is 0.0737. The maximum absolute atomic E-state index is 11.5. The molecule has 0 saturated heterocycles. The summed E-state index contributed by atoms with van der Waals surface area (Å²) in [7, 11) is 1.88. The molecular weight excluding hydrogens is 310 g/mol. The molecule has 4 rings (SSSR count). The summed E-state index contributed by atoms with van der Waals surface area (Å²) in [6.45, 7) is 1.57. The van der Waals surface area contributed by atoms with Crippen LogP contribution in [0.4, 0.5) is 0 Å². The Morgan fingerprint density at radius 1 is 1.09 bits per heavy atom. The van der Waals surface area contributed by atoms with Crippen molar-refractivity contribution in [1.29, 1.82) is 0 Å². The number of thiophene rings is 1. The molecular formula is C16H13N5OS. The van der Waals surface area contributed by atoms with Crippen molar-refractivity contribution in [3.05, 3.63) is 47.3 Å². The Morgan fingerprint density at radius 2 is 1.91 bits per heavy atom. The average Bonchev–Trinajstić information content (AvgIpc) is 3.24. The molecule has 6 nitrogen and oxygen atoms in total. The van der Waals surface area contributed by atoms with Crippen molar-refractivity contribution in [1.82, 2.24) is 24.4 Å². The van der Waals surface area contributed by atoms with E-state index >= 15 is 0 Å². The highest BCUT2D eigenvalue weighted by Crippen LogP contribution is 2.29. The van der Waals surface area contributed by atoms with E-state index in [1.807, 2.05) is 37.1 Å². The summed E-state index contributed by atoms with van der Waals surface area (Å²) < 4.78 is 3.51. The average molecular weight is 323 g/mol. The van der Waals surface area contributed by atoms with Crippen molar-refractivity contribution in [3.63, 3.8) is 0 Å². The zero-order chi connectivity index (χ0) is 16.0. The van der Waals surface area contributed by atoms with Gasteiger partial charge in [0, 0.05) is 42.3 Å². The van der Waals surface area contributed by atoms with Crippen LogP contribution in [0.25, 0.3) is 27.9 Å². The van der Waals surface area contributed by atoms with E-state index in [1.54, 1.807) is 28.5 Å². The van der Waals surface area contributed by atoms with Crippen LogP contribution < -0.4 is 0 Å². The molecule has 0 aliphatic heterocycles. The first-order valence-corrected chi connectivity index (χ1v) is 7.92. The normalized spacial score (nSPS) is 11.2. The zero-order valence-electron chi connectivity index (χ0n) is 12.6. The van der Waals surface area contributed by atoms with Crippen molar-refractivity contribution in [2.45, 2.75) is 6.92 Å². The number of nitrogens with zero attached hydrogens (tertiary/aromatic N) is 5. The highest BCUT2D eigenvalue weighted by Gasteiger charge is 2.13. The lowest BCUT2D eigenvalue weighted by Gasteiger charge is -1.99. The third kappa shape index (κ3) is 2.35. The van der Waals surface area contributed by atoms with E-state index in [4.69, 9.17) is 0 Å². The van der Waals surface area contributed by atoms with Crippen molar-refractivity contribution in [3.8, 4) is 22.3 Å². The SMILES string of the molecule is CC(=O)c1cc(-c2cnn3cc(-c4cnn(C)c4)cnc23)cs1. The molecule has 0 aromatic carbocycles. The van der Waals surface area contributed by atoms with E-state index in [2.05, 4.69) is 15.2 Å². The quantitative estimate of drug-likeness (QED) is 0.544. The molecule has 0 radical (unpaired) electrons. The number of fused-ring (bicyclic) bond motifs is 1. The lowest BCUT2D eigenvalue weighted by Crippen LogP contribution is -1.91. The summed E-state index contributed by atoms with van der Waals surface area (Å²) in [5, 5.41) is 10.5. The molecule has 0 atom stereocenters. The number of carbonyl (C=O) groups excluding carboxylic acids is 1. The summed E-state index contributed by atoms with van der Waals surface area (Å²) in [5.74, 6) is 0.0737. The fourth-order valence-electron chi connectivity index (χ4n) is 2.46. The molecule has 4 aromatic heterocycles. The number of hydrogen-bond acceptors (Lipinski definition) is 5. The number of hydrogen-bond donors (Lipinski definition) is 0. The van der Waals surface area contributed by atoms with Crippen LogP contribution in [-0.4, -0.2) is 30.2 Å². The van der Waals surface area contributed by atoms with Gasteiger partial charge in [-0.1, -0.05) is 0 Å². The maximum Gasteiger partial charge on any atom is 0.169 e. The number of ketones is 1. The van der Waals surface area contributed by atoms with E-state index in [0.29, 0.717) is 0 Å². The second-order valence-corrected chi connectivity index (χ2v) is 6.24. The highest BCUT2D eigenvalue weighted by atomic mass is 32.1. The van der Waals surface area contributed by atoms with Crippen LogP contribution in [-0.2, 0) is 7.05 Å². The molecule has 0 amide bonds. The molecule has 0 fully saturated rings. The number of carbonyl (C=O) groups is 1. The molecule has 114 valence electrons. The van der Waals surface area contributed by atoms with Gasteiger partial charge in [0.15, 0.2) is 11.4 Å². The van der Waals surface area contributed by atoms with Gasteiger partial charge < -0.3 is 0 Å². The van der Waals surface area contributed by atoms with E-state index in [0.717, 1.165) is 32.8 Å². The van der Waals surface area contributed by atoms with Gasteiger partial charge in [-0.25, -0.2) is 9.50 Å². The predicted octanol–water partition coefficient (Wildman–Crippen LogP) is 3.06. The number of Topliss-reactive ketones (excluding diaryl/α,β-unsaturated/α-hetero) is 1. The smallest absolute Gasteiger partial charge is 0.169 e. The number of aryl methyl sites for hydroxylation is 1. The molecule has 23 heavy (non-hydrogen) atoms. The zero-order valence-corrected chi connectivity index (χ0v) is 13.4. The van der Waals surface area contributed by atoms with Crippen LogP contribution in [0.15, 0.2) is 42.4 Å². The van der Waals surface area contributed by atoms with Gasteiger partial charge in [-0.05, 0) is 23.9 Å². The van der Waals surface area contributed by atoms with Crippen molar-refractivity contribution < 1.29 is 4.79 Å². The van der Waals surface area contributed by atoms with Crippen molar-refractivity contribution in [2.75, 3.05) is 0 Å². The molecule has 0 aliphatic carbocycles. The van der Waals surface area contributed by atoms with Gasteiger partial charge in [0.25, 0.3) is 0 Å². The Kier molecular flexibility index (Phi) is 3.09. The van der Waals surface area contributed by atoms with Crippen molar-refractivity contribution in [2.24, 2.45) is 7.05 Å². The second kappa shape index (κ2) is 5.13.